The number of ether oxygens (including phenoxy) is 1. The van der Waals surface area contributed by atoms with Crippen LogP contribution in [0.1, 0.15) is 15.9 Å². The predicted octanol–water partition coefficient (Wildman–Crippen LogP) is 1.47. The van der Waals surface area contributed by atoms with Crippen LogP contribution < -0.4 is 11.1 Å². The standard InChI is InChI=1S/C18H15N3O4S/c19-9-12-5-1-3-7-14(12)26-15-8-4-2-6-13(15)18(24)25-11-17(23)21-10-16(20)22/h1-8H,10-11H2,(H2,20,22)(H,21,23). The molecule has 2 amide bonds. The second-order valence-corrected chi connectivity index (χ2v) is 6.11. The maximum absolute atomic E-state index is 12.3. The van der Waals surface area contributed by atoms with Crippen molar-refractivity contribution in [2.75, 3.05) is 13.2 Å². The highest BCUT2D eigenvalue weighted by molar-refractivity contribution is 7.99. The number of nitriles is 1. The summed E-state index contributed by atoms with van der Waals surface area (Å²) in [6.45, 7) is -0.854. The lowest BCUT2D eigenvalue weighted by Gasteiger charge is -2.10. The quantitative estimate of drug-likeness (QED) is 0.713. The number of rotatable bonds is 7. The molecule has 0 radical (unpaired) electrons. The highest BCUT2D eigenvalue weighted by Crippen LogP contribution is 2.32. The maximum atomic E-state index is 12.3. The summed E-state index contributed by atoms with van der Waals surface area (Å²) in [7, 11) is 0. The largest absolute Gasteiger partial charge is 0.452 e. The number of esters is 1. The van der Waals surface area contributed by atoms with Crippen LogP contribution in [0.5, 0.6) is 0 Å². The molecule has 2 rings (SSSR count). The molecule has 0 spiro atoms. The average molecular weight is 369 g/mol. The Morgan fingerprint density at radius 2 is 1.73 bits per heavy atom. The van der Waals surface area contributed by atoms with Gasteiger partial charge in [-0.1, -0.05) is 36.0 Å². The van der Waals surface area contributed by atoms with Gasteiger partial charge < -0.3 is 15.8 Å². The van der Waals surface area contributed by atoms with Crippen LogP contribution in [0.3, 0.4) is 0 Å². The molecule has 132 valence electrons. The van der Waals surface area contributed by atoms with Crippen LogP contribution in [0, 0.1) is 11.3 Å². The summed E-state index contributed by atoms with van der Waals surface area (Å²) in [6, 6.07) is 15.8. The van der Waals surface area contributed by atoms with E-state index >= 15 is 0 Å². The molecule has 0 unspecified atom stereocenters. The molecular weight excluding hydrogens is 354 g/mol. The van der Waals surface area contributed by atoms with Gasteiger partial charge in [0, 0.05) is 9.79 Å². The van der Waals surface area contributed by atoms with E-state index in [9.17, 15) is 19.6 Å². The van der Waals surface area contributed by atoms with Crippen LogP contribution in [-0.4, -0.2) is 30.9 Å². The first kappa shape index (κ1) is 19.0. The van der Waals surface area contributed by atoms with E-state index in [0.29, 0.717) is 15.4 Å². The summed E-state index contributed by atoms with van der Waals surface area (Å²) >= 11 is 1.26. The monoisotopic (exact) mass is 369 g/mol. The molecule has 0 aliphatic carbocycles. The van der Waals surface area contributed by atoms with Gasteiger partial charge in [-0.25, -0.2) is 4.79 Å². The molecule has 0 heterocycles. The van der Waals surface area contributed by atoms with E-state index in [1.54, 1.807) is 48.5 Å². The number of primary amides is 1. The SMILES string of the molecule is N#Cc1ccccc1Sc1ccccc1C(=O)OCC(=O)NCC(N)=O. The van der Waals surface area contributed by atoms with Crippen molar-refractivity contribution in [2.24, 2.45) is 5.73 Å². The third-order valence-corrected chi connectivity index (χ3v) is 4.28. The minimum absolute atomic E-state index is 0.271. The van der Waals surface area contributed by atoms with Crippen molar-refractivity contribution in [1.82, 2.24) is 5.32 Å². The fraction of sp³-hybridized carbons (Fsp3) is 0.111. The van der Waals surface area contributed by atoms with Crippen molar-refractivity contribution >= 4 is 29.5 Å². The van der Waals surface area contributed by atoms with Gasteiger partial charge in [0.2, 0.25) is 5.91 Å². The second-order valence-electron chi connectivity index (χ2n) is 5.03. The first-order valence-corrected chi connectivity index (χ1v) is 8.31. The molecule has 0 fully saturated rings. The number of hydrogen-bond donors (Lipinski definition) is 2. The molecule has 0 aliphatic rings. The van der Waals surface area contributed by atoms with Gasteiger partial charge in [0.05, 0.1) is 17.7 Å². The van der Waals surface area contributed by atoms with E-state index in [1.165, 1.54) is 11.8 Å². The number of nitrogens with two attached hydrogens (primary N) is 1. The summed E-state index contributed by atoms with van der Waals surface area (Å²) < 4.78 is 4.98. The molecule has 8 heteroatoms. The molecule has 2 aromatic rings. The minimum atomic E-state index is -0.692. The third kappa shape index (κ3) is 5.36. The number of hydrogen-bond acceptors (Lipinski definition) is 6. The fourth-order valence-electron chi connectivity index (χ4n) is 1.94. The van der Waals surface area contributed by atoms with Gasteiger partial charge >= 0.3 is 5.97 Å². The lowest BCUT2D eigenvalue weighted by Crippen LogP contribution is -2.36. The van der Waals surface area contributed by atoms with Crippen LogP contribution in [0.25, 0.3) is 0 Å². The maximum Gasteiger partial charge on any atom is 0.339 e. The molecule has 3 N–H and O–H groups in total. The van der Waals surface area contributed by atoms with Gasteiger partial charge in [-0.15, -0.1) is 0 Å². The summed E-state index contributed by atoms with van der Waals surface area (Å²) in [5, 5.41) is 11.4. The number of carbonyl (C=O) groups is 3. The van der Waals surface area contributed by atoms with E-state index < -0.39 is 24.4 Å². The van der Waals surface area contributed by atoms with Gasteiger partial charge in [0.15, 0.2) is 6.61 Å². The Hall–Kier alpha value is -3.31. The number of benzene rings is 2. The Balaban J connectivity index is 2.08. The van der Waals surface area contributed by atoms with Gasteiger partial charge in [0.1, 0.15) is 6.07 Å². The second kappa shape index (κ2) is 9.25. The predicted molar refractivity (Wildman–Crippen MR) is 94.2 cm³/mol. The molecular formula is C18H15N3O4S. The van der Waals surface area contributed by atoms with Crippen LogP contribution >= 0.6 is 11.8 Å². The average Bonchev–Trinajstić information content (AvgIpc) is 2.65. The fourth-order valence-corrected chi connectivity index (χ4v) is 2.95. The Kier molecular flexibility index (Phi) is 6.76. The summed E-state index contributed by atoms with van der Waals surface area (Å²) in [5.74, 6) is -2.00. The normalized spacial score (nSPS) is 9.81. The number of nitrogens with zero attached hydrogens (tertiary/aromatic N) is 1. The van der Waals surface area contributed by atoms with E-state index in [1.807, 2.05) is 0 Å². The zero-order chi connectivity index (χ0) is 18.9. The van der Waals surface area contributed by atoms with E-state index in [4.69, 9.17) is 10.5 Å². The van der Waals surface area contributed by atoms with E-state index in [-0.39, 0.29) is 12.1 Å². The van der Waals surface area contributed by atoms with E-state index in [0.717, 1.165) is 0 Å². The summed E-state index contributed by atoms with van der Waals surface area (Å²) in [6.07, 6.45) is 0. The molecule has 0 atom stereocenters. The Morgan fingerprint density at radius 3 is 2.42 bits per heavy atom. The molecule has 26 heavy (non-hydrogen) atoms. The lowest BCUT2D eigenvalue weighted by atomic mass is 10.2. The van der Waals surface area contributed by atoms with Crippen molar-refractivity contribution in [3.05, 3.63) is 59.7 Å². The Bertz CT molecular complexity index is 877. The van der Waals surface area contributed by atoms with Gasteiger partial charge in [0.25, 0.3) is 5.91 Å². The molecule has 0 saturated carbocycles. The molecule has 0 bridgehead atoms. The first-order valence-electron chi connectivity index (χ1n) is 7.49. The zero-order valence-electron chi connectivity index (χ0n) is 13.6. The van der Waals surface area contributed by atoms with Crippen LogP contribution in [0.4, 0.5) is 0 Å². The number of nitrogens with one attached hydrogen (secondary N) is 1. The van der Waals surface area contributed by atoms with Crippen molar-refractivity contribution in [2.45, 2.75) is 9.79 Å². The van der Waals surface area contributed by atoms with Crippen molar-refractivity contribution in [1.29, 1.82) is 5.26 Å². The molecule has 0 aromatic heterocycles. The van der Waals surface area contributed by atoms with Crippen molar-refractivity contribution in [3.8, 4) is 6.07 Å². The summed E-state index contributed by atoms with van der Waals surface area (Å²) in [5.41, 5.74) is 5.68. The van der Waals surface area contributed by atoms with Gasteiger partial charge in [-0.3, -0.25) is 9.59 Å². The van der Waals surface area contributed by atoms with Crippen LogP contribution in [0.2, 0.25) is 0 Å². The van der Waals surface area contributed by atoms with Crippen LogP contribution in [0.15, 0.2) is 58.3 Å². The van der Waals surface area contributed by atoms with Gasteiger partial charge in [-0.2, -0.15) is 5.26 Å². The highest BCUT2D eigenvalue weighted by atomic mass is 32.2. The summed E-state index contributed by atoms with van der Waals surface area (Å²) in [4.78, 5) is 35.7. The van der Waals surface area contributed by atoms with Crippen molar-refractivity contribution in [3.63, 3.8) is 0 Å². The van der Waals surface area contributed by atoms with Crippen molar-refractivity contribution < 1.29 is 19.1 Å². The number of amides is 2. The Morgan fingerprint density at radius 1 is 1.08 bits per heavy atom. The molecule has 2 aromatic carbocycles. The van der Waals surface area contributed by atoms with Gasteiger partial charge in [-0.05, 0) is 24.3 Å². The van der Waals surface area contributed by atoms with E-state index in [2.05, 4.69) is 11.4 Å². The smallest absolute Gasteiger partial charge is 0.339 e. The highest BCUT2D eigenvalue weighted by Gasteiger charge is 2.16. The topological polar surface area (TPSA) is 122 Å². The first-order chi connectivity index (χ1) is 12.5. The molecule has 7 nitrogen and oxygen atoms in total. The lowest BCUT2D eigenvalue weighted by molar-refractivity contribution is -0.127. The molecule has 0 saturated heterocycles. The zero-order valence-corrected chi connectivity index (χ0v) is 14.4. The molecule has 0 aliphatic heterocycles. The Labute approximate surface area is 154 Å². The number of carbonyl (C=O) groups excluding carboxylic acids is 3. The van der Waals surface area contributed by atoms with Crippen LogP contribution in [-0.2, 0) is 14.3 Å². The minimum Gasteiger partial charge on any atom is -0.452 e. The third-order valence-electron chi connectivity index (χ3n) is 3.13.